The molecule has 0 atom stereocenters. The first-order chi connectivity index (χ1) is 13.8. The molecule has 3 N–H and O–H groups in total. The van der Waals surface area contributed by atoms with Gasteiger partial charge in [-0.1, -0.05) is 0 Å². The van der Waals surface area contributed by atoms with Gasteiger partial charge in [-0.15, -0.1) is 0 Å². The number of likely N-dealkylation sites (N-methyl/N-ethyl adjacent to an activating group) is 1. The van der Waals surface area contributed by atoms with E-state index in [0.29, 0.717) is 23.5 Å². The average Bonchev–Trinajstić information content (AvgIpc) is 2.69. The van der Waals surface area contributed by atoms with Crippen molar-refractivity contribution in [2.75, 3.05) is 46.1 Å². The molecule has 8 heteroatoms. The lowest BCUT2D eigenvalue weighted by Crippen LogP contribution is -2.40. The summed E-state index contributed by atoms with van der Waals surface area (Å²) in [5.74, 6) is 0.0549. The molecule has 152 valence electrons. The van der Waals surface area contributed by atoms with Gasteiger partial charge in [-0.25, -0.2) is 14.2 Å². The van der Waals surface area contributed by atoms with Gasteiger partial charge in [0.05, 0.1) is 5.71 Å². The van der Waals surface area contributed by atoms with Crippen LogP contribution in [0.1, 0.15) is 11.1 Å². The number of halogens is 1. The van der Waals surface area contributed by atoms with Gasteiger partial charge in [0.25, 0.3) is 0 Å². The summed E-state index contributed by atoms with van der Waals surface area (Å²) in [4.78, 5) is 19.8. The zero-order valence-electron chi connectivity index (χ0n) is 16.8. The van der Waals surface area contributed by atoms with Crippen LogP contribution >= 0.6 is 0 Å². The van der Waals surface area contributed by atoms with Crippen LogP contribution < -0.4 is 10.6 Å². The fourth-order valence-corrected chi connectivity index (χ4v) is 3.08. The van der Waals surface area contributed by atoms with Crippen LogP contribution in [0.5, 0.6) is 0 Å². The number of carbonyl (C=O) groups is 1. The number of rotatable bonds is 4. The summed E-state index contributed by atoms with van der Waals surface area (Å²) in [7, 11) is 5.33. The topological polar surface area (TPSA) is 84.4 Å². The molecule has 1 aromatic heterocycles. The third-order valence-electron chi connectivity index (χ3n) is 4.63. The van der Waals surface area contributed by atoms with Gasteiger partial charge in [0.15, 0.2) is 0 Å². The van der Waals surface area contributed by atoms with E-state index in [1.165, 1.54) is 17.0 Å². The van der Waals surface area contributed by atoms with Crippen LogP contribution in [0.4, 0.5) is 15.0 Å². The molecular formula is C21H25FN6O. The highest BCUT2D eigenvalue weighted by Gasteiger charge is 2.21. The van der Waals surface area contributed by atoms with E-state index < -0.39 is 0 Å². The van der Waals surface area contributed by atoms with Gasteiger partial charge in [0, 0.05) is 56.8 Å². The maximum absolute atomic E-state index is 13.4. The predicted molar refractivity (Wildman–Crippen MR) is 113 cm³/mol. The van der Waals surface area contributed by atoms with E-state index in [1.54, 1.807) is 38.5 Å². The zero-order valence-corrected chi connectivity index (χ0v) is 16.8. The van der Waals surface area contributed by atoms with E-state index in [0.717, 1.165) is 24.4 Å². The Morgan fingerprint density at radius 1 is 1.24 bits per heavy atom. The van der Waals surface area contributed by atoms with Crippen LogP contribution in [0.15, 0.2) is 48.3 Å². The van der Waals surface area contributed by atoms with E-state index in [1.807, 2.05) is 13.1 Å². The quantitative estimate of drug-likeness (QED) is 0.694. The van der Waals surface area contributed by atoms with Crippen molar-refractivity contribution in [2.45, 2.75) is 0 Å². The number of carbonyl (C=O) groups excluding carboxylic acids is 1. The maximum atomic E-state index is 13.4. The average molecular weight is 396 g/mol. The molecule has 2 aromatic rings. The Kier molecular flexibility index (Phi) is 6.23. The monoisotopic (exact) mass is 396 g/mol. The van der Waals surface area contributed by atoms with Crippen LogP contribution in [0.2, 0.25) is 0 Å². The molecule has 0 saturated carbocycles. The number of urea groups is 1. The van der Waals surface area contributed by atoms with Crippen molar-refractivity contribution in [1.29, 1.82) is 5.41 Å². The van der Waals surface area contributed by atoms with Crippen LogP contribution in [0.25, 0.3) is 5.57 Å². The molecule has 3 rings (SSSR count). The van der Waals surface area contributed by atoms with Gasteiger partial charge in [-0.3, -0.25) is 15.6 Å². The van der Waals surface area contributed by atoms with E-state index >= 15 is 0 Å². The van der Waals surface area contributed by atoms with Crippen LogP contribution in [0.3, 0.4) is 0 Å². The maximum Gasteiger partial charge on any atom is 0.322 e. The van der Waals surface area contributed by atoms with Gasteiger partial charge in [-0.2, -0.15) is 0 Å². The minimum Gasteiger partial charge on any atom is -0.385 e. The normalized spacial score (nSPS) is 16.0. The molecule has 2 amide bonds. The molecule has 0 aliphatic carbocycles. The Hall–Kier alpha value is -3.26. The van der Waals surface area contributed by atoms with Crippen LogP contribution in [-0.4, -0.2) is 67.3 Å². The van der Waals surface area contributed by atoms with Crippen molar-refractivity contribution < 1.29 is 9.18 Å². The minimum atomic E-state index is -0.344. The molecule has 0 radical (unpaired) electrons. The first kappa shape index (κ1) is 20.5. The van der Waals surface area contributed by atoms with Crippen molar-refractivity contribution in [1.82, 2.24) is 20.1 Å². The van der Waals surface area contributed by atoms with E-state index in [-0.39, 0.29) is 17.6 Å². The highest BCUT2D eigenvalue weighted by atomic mass is 19.1. The fourth-order valence-electron chi connectivity index (χ4n) is 3.08. The molecule has 0 spiro atoms. The molecule has 1 fully saturated rings. The van der Waals surface area contributed by atoms with Gasteiger partial charge in [-0.05, 0) is 49.0 Å². The highest BCUT2D eigenvalue weighted by Crippen LogP contribution is 2.26. The first-order valence-corrected chi connectivity index (χ1v) is 9.30. The smallest absolute Gasteiger partial charge is 0.322 e. The number of benzene rings is 1. The molecular weight excluding hydrogens is 371 g/mol. The Morgan fingerprint density at radius 3 is 2.62 bits per heavy atom. The number of hydrogen-bond donors (Lipinski definition) is 3. The number of pyridine rings is 1. The van der Waals surface area contributed by atoms with Crippen LogP contribution in [-0.2, 0) is 0 Å². The Balaban J connectivity index is 2.04. The third kappa shape index (κ3) is 4.97. The number of hydrogen-bond acceptors (Lipinski definition) is 5. The Morgan fingerprint density at radius 2 is 1.97 bits per heavy atom. The van der Waals surface area contributed by atoms with Gasteiger partial charge >= 0.3 is 6.03 Å². The lowest BCUT2D eigenvalue weighted by atomic mass is 9.93. The zero-order chi connectivity index (χ0) is 21.0. The van der Waals surface area contributed by atoms with E-state index in [9.17, 15) is 9.18 Å². The summed E-state index contributed by atoms with van der Waals surface area (Å²) < 4.78 is 13.4. The molecule has 0 bridgehead atoms. The lowest BCUT2D eigenvalue weighted by molar-refractivity contribution is 0.230. The second-order valence-electron chi connectivity index (χ2n) is 7.15. The number of allylic oxidation sites excluding steroid dienone is 1. The van der Waals surface area contributed by atoms with Crippen molar-refractivity contribution in [3.8, 4) is 0 Å². The molecule has 2 heterocycles. The van der Waals surface area contributed by atoms with E-state index in [2.05, 4.69) is 20.5 Å². The number of nitrogens with zero attached hydrogens (tertiary/aromatic N) is 3. The molecule has 1 aliphatic rings. The van der Waals surface area contributed by atoms with Gasteiger partial charge in [0.1, 0.15) is 11.6 Å². The SMILES string of the molecule is CN1CCN/C(=C(\C(=N)c2ccc(F)cc2)c2ccnc(NC(=O)N(C)C)c2)C1. The summed E-state index contributed by atoms with van der Waals surface area (Å²) in [6, 6.07) is 9.17. The third-order valence-corrected chi connectivity index (χ3v) is 4.63. The summed E-state index contributed by atoms with van der Waals surface area (Å²) in [5.41, 5.74) is 3.25. The Labute approximate surface area is 169 Å². The van der Waals surface area contributed by atoms with Crippen molar-refractivity contribution in [3.05, 3.63) is 65.2 Å². The second kappa shape index (κ2) is 8.83. The Bertz CT molecular complexity index is 938. The number of anilines is 1. The highest BCUT2D eigenvalue weighted by molar-refractivity contribution is 6.31. The van der Waals surface area contributed by atoms with Crippen molar-refractivity contribution >= 4 is 23.1 Å². The number of nitrogens with one attached hydrogen (secondary N) is 3. The molecule has 0 unspecified atom stereocenters. The number of piperazine rings is 1. The molecule has 1 aliphatic heterocycles. The van der Waals surface area contributed by atoms with Gasteiger partial charge in [0.2, 0.25) is 0 Å². The van der Waals surface area contributed by atoms with Crippen LogP contribution in [0, 0.1) is 11.2 Å². The molecule has 7 nitrogen and oxygen atoms in total. The standard InChI is InChI=1S/C21H25FN6O/c1-27(2)21(29)26-18-12-15(8-9-25-18)19(17-13-28(3)11-10-24-17)20(23)14-4-6-16(22)7-5-14/h4-9,12,23-24H,10-11,13H2,1-3H3,(H,25,26,29)/b19-17-,23-20?. The largest absolute Gasteiger partial charge is 0.385 e. The number of aromatic nitrogens is 1. The van der Waals surface area contributed by atoms with Crippen molar-refractivity contribution in [3.63, 3.8) is 0 Å². The summed E-state index contributed by atoms with van der Waals surface area (Å²) >= 11 is 0. The lowest BCUT2D eigenvalue weighted by Gasteiger charge is -2.29. The predicted octanol–water partition coefficient (Wildman–Crippen LogP) is 2.63. The van der Waals surface area contributed by atoms with Crippen molar-refractivity contribution in [2.24, 2.45) is 0 Å². The minimum absolute atomic E-state index is 0.277. The summed E-state index contributed by atoms with van der Waals surface area (Å²) in [6.45, 7) is 2.32. The summed E-state index contributed by atoms with van der Waals surface area (Å²) in [5, 5.41) is 15.0. The molecule has 1 saturated heterocycles. The first-order valence-electron chi connectivity index (χ1n) is 9.30. The summed E-state index contributed by atoms with van der Waals surface area (Å²) in [6.07, 6.45) is 1.60. The number of amides is 2. The molecule has 1 aromatic carbocycles. The molecule has 29 heavy (non-hydrogen) atoms. The fraction of sp³-hybridized carbons (Fsp3) is 0.286. The van der Waals surface area contributed by atoms with E-state index in [4.69, 9.17) is 5.41 Å². The second-order valence-corrected chi connectivity index (χ2v) is 7.15. The van der Waals surface area contributed by atoms with Gasteiger partial charge < -0.3 is 10.2 Å².